The van der Waals surface area contributed by atoms with Crippen molar-refractivity contribution in [3.05, 3.63) is 29.3 Å². The summed E-state index contributed by atoms with van der Waals surface area (Å²) < 4.78 is 25.1. The summed E-state index contributed by atoms with van der Waals surface area (Å²) in [4.78, 5) is 14.5. The van der Waals surface area contributed by atoms with Gasteiger partial charge in [0, 0.05) is 11.1 Å². The van der Waals surface area contributed by atoms with Gasteiger partial charge in [-0.1, -0.05) is 17.7 Å². The van der Waals surface area contributed by atoms with Crippen molar-refractivity contribution in [1.82, 2.24) is 10.2 Å². The summed E-state index contributed by atoms with van der Waals surface area (Å²) in [6.45, 7) is 1.61. The van der Waals surface area contributed by atoms with Gasteiger partial charge in [-0.3, -0.25) is 9.10 Å². The molecule has 0 saturated carbocycles. The molecule has 1 N–H and O–H groups in total. The molecule has 128 valence electrons. The number of rotatable bonds is 5. The number of sulfonamides is 1. The third-order valence-corrected chi connectivity index (χ3v) is 5.24. The van der Waals surface area contributed by atoms with Crippen molar-refractivity contribution in [2.75, 3.05) is 37.2 Å². The summed E-state index contributed by atoms with van der Waals surface area (Å²) in [5.41, 5.74) is 0.388. The van der Waals surface area contributed by atoms with Gasteiger partial charge >= 0.3 is 0 Å². The van der Waals surface area contributed by atoms with Crippen LogP contribution >= 0.6 is 11.6 Å². The smallest absolute Gasteiger partial charge is 0.240 e. The molecule has 0 aromatic heterocycles. The molecule has 8 heteroatoms. The zero-order valence-corrected chi connectivity index (χ0v) is 14.9. The lowest BCUT2D eigenvalue weighted by atomic mass is 10.1. The van der Waals surface area contributed by atoms with Crippen LogP contribution in [-0.2, 0) is 14.8 Å². The Morgan fingerprint density at radius 1 is 1.39 bits per heavy atom. The van der Waals surface area contributed by atoms with E-state index in [2.05, 4.69) is 10.2 Å². The molecule has 6 nitrogen and oxygen atoms in total. The molecule has 0 atom stereocenters. The van der Waals surface area contributed by atoms with E-state index in [0.29, 0.717) is 10.7 Å². The number of amides is 1. The number of carbonyl (C=O) groups excluding carboxylic acids is 1. The number of hydrogen-bond donors (Lipinski definition) is 1. The Labute approximate surface area is 142 Å². The normalized spacial score (nSPS) is 17.0. The SMILES string of the molecule is CN1CCC(NC(=O)CN(c2cccc(Cl)c2)S(C)(=O)=O)CC1. The molecule has 1 aromatic rings. The number of anilines is 1. The minimum atomic E-state index is -3.57. The molecule has 1 aromatic carbocycles. The van der Waals surface area contributed by atoms with Gasteiger partial charge in [0.05, 0.1) is 11.9 Å². The van der Waals surface area contributed by atoms with Crippen LogP contribution in [0.2, 0.25) is 5.02 Å². The molecule has 1 saturated heterocycles. The van der Waals surface area contributed by atoms with Gasteiger partial charge in [0.1, 0.15) is 6.54 Å². The molecule has 0 spiro atoms. The van der Waals surface area contributed by atoms with Crippen LogP contribution in [0.1, 0.15) is 12.8 Å². The van der Waals surface area contributed by atoms with Crippen LogP contribution in [0.15, 0.2) is 24.3 Å². The highest BCUT2D eigenvalue weighted by Gasteiger charge is 2.24. The van der Waals surface area contributed by atoms with E-state index < -0.39 is 10.0 Å². The Morgan fingerprint density at radius 2 is 2.04 bits per heavy atom. The van der Waals surface area contributed by atoms with Gasteiger partial charge in [-0.05, 0) is 51.2 Å². The number of halogens is 1. The van der Waals surface area contributed by atoms with Crippen LogP contribution in [-0.4, -0.2) is 58.2 Å². The minimum absolute atomic E-state index is 0.0967. The highest BCUT2D eigenvalue weighted by Crippen LogP contribution is 2.21. The molecule has 23 heavy (non-hydrogen) atoms. The van der Waals surface area contributed by atoms with Gasteiger partial charge in [-0.15, -0.1) is 0 Å². The summed E-state index contributed by atoms with van der Waals surface area (Å²) in [5, 5.41) is 3.34. The van der Waals surface area contributed by atoms with E-state index in [1.54, 1.807) is 18.2 Å². The monoisotopic (exact) mass is 359 g/mol. The first-order chi connectivity index (χ1) is 10.8. The molecule has 1 heterocycles. The molecular weight excluding hydrogens is 338 g/mol. The minimum Gasteiger partial charge on any atom is -0.352 e. The first-order valence-electron chi connectivity index (χ1n) is 7.47. The summed E-state index contributed by atoms with van der Waals surface area (Å²) in [6, 6.07) is 6.57. The molecule has 0 unspecified atom stereocenters. The lowest BCUT2D eigenvalue weighted by Gasteiger charge is -2.30. The van der Waals surface area contributed by atoms with Crippen LogP contribution in [0.3, 0.4) is 0 Å². The van der Waals surface area contributed by atoms with Crippen molar-refractivity contribution in [1.29, 1.82) is 0 Å². The van der Waals surface area contributed by atoms with Crippen molar-refractivity contribution in [2.45, 2.75) is 18.9 Å². The molecule has 0 aliphatic carbocycles. The average molecular weight is 360 g/mol. The maximum Gasteiger partial charge on any atom is 0.240 e. The Bertz CT molecular complexity index is 658. The molecule has 0 radical (unpaired) electrons. The second kappa shape index (κ2) is 7.51. The van der Waals surface area contributed by atoms with Crippen LogP contribution in [0.4, 0.5) is 5.69 Å². The van der Waals surface area contributed by atoms with Crippen molar-refractivity contribution < 1.29 is 13.2 Å². The van der Waals surface area contributed by atoms with Crippen molar-refractivity contribution in [3.8, 4) is 0 Å². The fourth-order valence-corrected chi connectivity index (χ4v) is 3.62. The number of piperidine rings is 1. The van der Waals surface area contributed by atoms with E-state index in [1.807, 2.05) is 7.05 Å². The van der Waals surface area contributed by atoms with Crippen molar-refractivity contribution in [2.24, 2.45) is 0 Å². The van der Waals surface area contributed by atoms with E-state index in [1.165, 1.54) is 6.07 Å². The molecule has 1 aliphatic heterocycles. The Balaban J connectivity index is 2.05. The number of nitrogens with one attached hydrogen (secondary N) is 1. The molecular formula is C15H22ClN3O3S. The summed E-state index contributed by atoms with van der Waals surface area (Å²) >= 11 is 5.92. The standard InChI is InChI=1S/C15H22ClN3O3S/c1-18-8-6-13(7-9-18)17-15(20)11-19(23(2,21)22)14-5-3-4-12(16)10-14/h3-5,10,13H,6-9,11H2,1-2H3,(H,17,20). The largest absolute Gasteiger partial charge is 0.352 e. The van der Waals surface area contributed by atoms with Crippen LogP contribution in [0.5, 0.6) is 0 Å². The first kappa shape index (κ1) is 18.0. The molecule has 1 aliphatic rings. The third kappa shape index (κ3) is 5.37. The topological polar surface area (TPSA) is 69.7 Å². The highest BCUT2D eigenvalue weighted by atomic mass is 35.5. The van der Waals surface area contributed by atoms with Crippen LogP contribution in [0.25, 0.3) is 0 Å². The van der Waals surface area contributed by atoms with Crippen LogP contribution < -0.4 is 9.62 Å². The molecule has 0 bridgehead atoms. The number of nitrogens with zero attached hydrogens (tertiary/aromatic N) is 2. The zero-order valence-electron chi connectivity index (χ0n) is 13.3. The Kier molecular flexibility index (Phi) is 5.89. The number of benzene rings is 1. The second-order valence-electron chi connectivity index (χ2n) is 5.89. The summed E-state index contributed by atoms with van der Waals surface area (Å²) in [7, 11) is -1.53. The Morgan fingerprint density at radius 3 is 2.61 bits per heavy atom. The second-order valence-corrected chi connectivity index (χ2v) is 8.24. The van der Waals surface area contributed by atoms with Gasteiger partial charge in [-0.25, -0.2) is 8.42 Å². The predicted molar refractivity (Wildman–Crippen MR) is 92.3 cm³/mol. The van der Waals surface area contributed by atoms with Gasteiger partial charge in [0.15, 0.2) is 0 Å². The molecule has 2 rings (SSSR count). The fourth-order valence-electron chi connectivity index (χ4n) is 2.59. The van der Waals surface area contributed by atoms with Gasteiger partial charge < -0.3 is 10.2 Å². The zero-order chi connectivity index (χ0) is 17.0. The van der Waals surface area contributed by atoms with Crippen molar-refractivity contribution >= 4 is 33.2 Å². The van der Waals surface area contributed by atoms with E-state index in [-0.39, 0.29) is 18.5 Å². The quantitative estimate of drug-likeness (QED) is 0.860. The van der Waals surface area contributed by atoms with Gasteiger partial charge in [0.2, 0.25) is 15.9 Å². The fraction of sp³-hybridized carbons (Fsp3) is 0.533. The van der Waals surface area contributed by atoms with Crippen molar-refractivity contribution in [3.63, 3.8) is 0 Å². The Hall–Kier alpha value is -1.31. The van der Waals surface area contributed by atoms with E-state index in [9.17, 15) is 13.2 Å². The number of carbonyl (C=O) groups is 1. The third-order valence-electron chi connectivity index (χ3n) is 3.87. The highest BCUT2D eigenvalue weighted by molar-refractivity contribution is 7.92. The number of likely N-dealkylation sites (tertiary alicyclic amines) is 1. The maximum absolute atomic E-state index is 12.2. The predicted octanol–water partition coefficient (Wildman–Crippen LogP) is 1.32. The molecule has 1 amide bonds. The maximum atomic E-state index is 12.2. The van der Waals surface area contributed by atoms with Crippen LogP contribution in [0, 0.1) is 0 Å². The van der Waals surface area contributed by atoms with E-state index in [4.69, 9.17) is 11.6 Å². The van der Waals surface area contributed by atoms with E-state index in [0.717, 1.165) is 36.5 Å². The van der Waals surface area contributed by atoms with Gasteiger partial charge in [-0.2, -0.15) is 0 Å². The molecule has 1 fully saturated rings. The number of hydrogen-bond acceptors (Lipinski definition) is 4. The van der Waals surface area contributed by atoms with E-state index >= 15 is 0 Å². The average Bonchev–Trinajstić information content (AvgIpc) is 2.46. The summed E-state index contributed by atoms with van der Waals surface area (Å²) in [5.74, 6) is -0.301. The lowest BCUT2D eigenvalue weighted by molar-refractivity contribution is -0.120. The lowest BCUT2D eigenvalue weighted by Crippen LogP contribution is -2.47. The summed E-state index contributed by atoms with van der Waals surface area (Å²) in [6.07, 6.45) is 2.83. The van der Waals surface area contributed by atoms with Gasteiger partial charge in [0.25, 0.3) is 0 Å². The first-order valence-corrected chi connectivity index (χ1v) is 9.69.